The molecule has 3 heteroatoms. The maximum Gasteiger partial charge on any atom is 0.0564 e. The van der Waals surface area contributed by atoms with Crippen molar-refractivity contribution in [3.8, 4) is 0 Å². The van der Waals surface area contributed by atoms with Crippen molar-refractivity contribution in [3.63, 3.8) is 0 Å². The summed E-state index contributed by atoms with van der Waals surface area (Å²) in [5.41, 5.74) is 7.67. The molecule has 0 unspecified atom stereocenters. The average Bonchev–Trinajstić information content (AvgIpc) is 3.02. The molecule has 1 fully saturated rings. The molecule has 1 heterocycles. The van der Waals surface area contributed by atoms with Crippen LogP contribution in [0.15, 0.2) is 18.3 Å². The molecule has 3 nitrogen and oxygen atoms in total. The number of anilines is 1. The Labute approximate surface area is 97.7 Å². The van der Waals surface area contributed by atoms with Gasteiger partial charge in [-0.2, -0.15) is 0 Å². The third kappa shape index (κ3) is 3.49. The highest BCUT2D eigenvalue weighted by atomic mass is 15.1. The fraction of sp³-hybridized carbons (Fsp3) is 0.615. The molecule has 1 aromatic heterocycles. The van der Waals surface area contributed by atoms with E-state index in [0.717, 1.165) is 30.4 Å². The van der Waals surface area contributed by atoms with Crippen LogP contribution in [-0.4, -0.2) is 23.0 Å². The third-order valence-corrected chi connectivity index (χ3v) is 2.98. The topological polar surface area (TPSA) is 42.1 Å². The summed E-state index contributed by atoms with van der Waals surface area (Å²) in [6.45, 7) is 5.55. The Hall–Kier alpha value is -1.09. The molecule has 1 aromatic rings. The van der Waals surface area contributed by atoms with Crippen molar-refractivity contribution in [3.05, 3.63) is 24.0 Å². The summed E-state index contributed by atoms with van der Waals surface area (Å²) in [5, 5.41) is 0. The molecule has 1 saturated carbocycles. The molecule has 16 heavy (non-hydrogen) atoms. The second-order valence-corrected chi connectivity index (χ2v) is 4.76. The molecule has 0 atom stereocenters. The van der Waals surface area contributed by atoms with Gasteiger partial charge >= 0.3 is 0 Å². The highest BCUT2D eigenvalue weighted by Gasteiger charge is 2.24. The lowest BCUT2D eigenvalue weighted by atomic mass is 10.2. The van der Waals surface area contributed by atoms with Crippen molar-refractivity contribution in [2.75, 3.05) is 18.8 Å². The zero-order valence-electron chi connectivity index (χ0n) is 10.0. The summed E-state index contributed by atoms with van der Waals surface area (Å²) in [6.07, 6.45) is 5.82. The summed E-state index contributed by atoms with van der Waals surface area (Å²) in [6, 6.07) is 3.82. The van der Waals surface area contributed by atoms with E-state index < -0.39 is 0 Å². The van der Waals surface area contributed by atoms with E-state index in [2.05, 4.69) is 16.8 Å². The van der Waals surface area contributed by atoms with Crippen LogP contribution in [0, 0.1) is 5.92 Å². The van der Waals surface area contributed by atoms with Gasteiger partial charge in [0.25, 0.3) is 0 Å². The summed E-state index contributed by atoms with van der Waals surface area (Å²) in [4.78, 5) is 6.87. The van der Waals surface area contributed by atoms with Crippen molar-refractivity contribution in [1.82, 2.24) is 9.88 Å². The highest BCUT2D eigenvalue weighted by molar-refractivity contribution is 5.37. The minimum absolute atomic E-state index is 0.813. The zero-order chi connectivity index (χ0) is 11.4. The largest absolute Gasteiger partial charge is 0.399 e. The normalized spacial score (nSPS) is 15.6. The van der Waals surface area contributed by atoms with Crippen LogP contribution in [0.3, 0.4) is 0 Å². The van der Waals surface area contributed by atoms with E-state index in [1.54, 1.807) is 6.20 Å². The predicted molar refractivity (Wildman–Crippen MR) is 66.9 cm³/mol. The summed E-state index contributed by atoms with van der Waals surface area (Å²) >= 11 is 0. The second-order valence-electron chi connectivity index (χ2n) is 4.76. The molecule has 0 saturated heterocycles. The van der Waals surface area contributed by atoms with Gasteiger partial charge < -0.3 is 5.73 Å². The van der Waals surface area contributed by atoms with E-state index in [0.29, 0.717) is 0 Å². The van der Waals surface area contributed by atoms with Crippen LogP contribution in [0.2, 0.25) is 0 Å². The number of nitrogens with two attached hydrogens (primary N) is 1. The van der Waals surface area contributed by atoms with E-state index in [1.807, 2.05) is 12.1 Å². The van der Waals surface area contributed by atoms with E-state index in [4.69, 9.17) is 5.73 Å². The fourth-order valence-corrected chi connectivity index (χ4v) is 2.03. The van der Waals surface area contributed by atoms with Crippen molar-refractivity contribution in [2.45, 2.75) is 32.7 Å². The first-order chi connectivity index (χ1) is 7.78. The van der Waals surface area contributed by atoms with Gasteiger partial charge in [-0.3, -0.25) is 9.88 Å². The molecule has 88 valence electrons. The van der Waals surface area contributed by atoms with Crippen LogP contribution in [0.25, 0.3) is 0 Å². The van der Waals surface area contributed by atoms with Gasteiger partial charge in [-0.15, -0.1) is 0 Å². The smallest absolute Gasteiger partial charge is 0.0564 e. The number of hydrogen-bond donors (Lipinski definition) is 1. The molecule has 2 N–H and O–H groups in total. The molecule has 1 aliphatic carbocycles. The molecule has 0 aliphatic heterocycles. The molecule has 2 rings (SSSR count). The van der Waals surface area contributed by atoms with Gasteiger partial charge in [0.05, 0.1) is 5.69 Å². The molecular weight excluding hydrogens is 198 g/mol. The minimum atomic E-state index is 0.813. The third-order valence-electron chi connectivity index (χ3n) is 2.98. The standard InChI is InChI=1S/C13H21N3/c1-2-7-16(9-11-3-4-11)10-13-8-12(14)5-6-15-13/h5-6,8,11H,2-4,7,9-10H2,1H3,(H2,14,15). The molecule has 1 aliphatic rings. The Morgan fingerprint density at radius 2 is 2.31 bits per heavy atom. The molecule has 0 radical (unpaired) electrons. The Morgan fingerprint density at radius 1 is 1.50 bits per heavy atom. The predicted octanol–water partition coefficient (Wildman–Crippen LogP) is 2.29. The summed E-state index contributed by atoms with van der Waals surface area (Å²) < 4.78 is 0. The van der Waals surface area contributed by atoms with Crippen LogP contribution < -0.4 is 5.73 Å². The molecular formula is C13H21N3. The fourth-order valence-electron chi connectivity index (χ4n) is 2.03. The first kappa shape index (κ1) is 11.4. The highest BCUT2D eigenvalue weighted by Crippen LogP contribution is 2.30. The van der Waals surface area contributed by atoms with Gasteiger partial charge in [-0.1, -0.05) is 6.92 Å². The van der Waals surface area contributed by atoms with Gasteiger partial charge in [0.2, 0.25) is 0 Å². The Morgan fingerprint density at radius 3 is 2.94 bits per heavy atom. The number of rotatable bonds is 6. The van der Waals surface area contributed by atoms with E-state index in [-0.39, 0.29) is 0 Å². The molecule has 0 amide bonds. The first-order valence-electron chi connectivity index (χ1n) is 6.20. The Bertz CT molecular complexity index is 334. The number of nitrogens with zero attached hydrogens (tertiary/aromatic N) is 2. The lowest BCUT2D eigenvalue weighted by Crippen LogP contribution is -2.26. The maximum atomic E-state index is 5.76. The van der Waals surface area contributed by atoms with Crippen molar-refractivity contribution >= 4 is 5.69 Å². The zero-order valence-corrected chi connectivity index (χ0v) is 10.0. The van der Waals surface area contributed by atoms with Crippen LogP contribution in [0.1, 0.15) is 31.9 Å². The van der Waals surface area contributed by atoms with E-state index in [1.165, 1.54) is 25.8 Å². The van der Waals surface area contributed by atoms with Gasteiger partial charge in [-0.05, 0) is 43.9 Å². The van der Waals surface area contributed by atoms with Crippen molar-refractivity contribution in [2.24, 2.45) is 5.92 Å². The monoisotopic (exact) mass is 219 g/mol. The van der Waals surface area contributed by atoms with E-state index >= 15 is 0 Å². The van der Waals surface area contributed by atoms with Gasteiger partial charge in [0.15, 0.2) is 0 Å². The lowest BCUT2D eigenvalue weighted by molar-refractivity contribution is 0.252. The second kappa shape index (κ2) is 5.30. The maximum absolute atomic E-state index is 5.76. The van der Waals surface area contributed by atoms with Crippen molar-refractivity contribution in [1.29, 1.82) is 0 Å². The number of nitrogen functional groups attached to an aromatic ring is 1. The van der Waals surface area contributed by atoms with Gasteiger partial charge in [0.1, 0.15) is 0 Å². The SMILES string of the molecule is CCCN(Cc1cc(N)ccn1)CC1CC1. The van der Waals surface area contributed by atoms with Crippen molar-refractivity contribution < 1.29 is 0 Å². The van der Waals surface area contributed by atoms with E-state index in [9.17, 15) is 0 Å². The molecule has 0 spiro atoms. The molecule has 0 bridgehead atoms. The summed E-state index contributed by atoms with van der Waals surface area (Å²) in [7, 11) is 0. The Kier molecular flexibility index (Phi) is 3.78. The summed E-state index contributed by atoms with van der Waals surface area (Å²) in [5.74, 6) is 0.938. The Balaban J connectivity index is 1.92. The van der Waals surface area contributed by atoms with Crippen LogP contribution >= 0.6 is 0 Å². The number of pyridine rings is 1. The van der Waals surface area contributed by atoms with Gasteiger partial charge in [-0.25, -0.2) is 0 Å². The minimum Gasteiger partial charge on any atom is -0.399 e. The van der Waals surface area contributed by atoms with Gasteiger partial charge in [0, 0.05) is 25.0 Å². The average molecular weight is 219 g/mol. The quantitative estimate of drug-likeness (QED) is 0.798. The van der Waals surface area contributed by atoms with Crippen LogP contribution in [-0.2, 0) is 6.54 Å². The van der Waals surface area contributed by atoms with Crippen LogP contribution in [0.4, 0.5) is 5.69 Å². The lowest BCUT2D eigenvalue weighted by Gasteiger charge is -2.21. The first-order valence-corrected chi connectivity index (χ1v) is 6.20. The number of hydrogen-bond acceptors (Lipinski definition) is 3. The van der Waals surface area contributed by atoms with Crippen LogP contribution in [0.5, 0.6) is 0 Å². The molecule has 0 aromatic carbocycles. The number of aromatic nitrogens is 1.